The highest BCUT2D eigenvalue weighted by Gasteiger charge is 2.28. The minimum absolute atomic E-state index is 0.330. The highest BCUT2D eigenvalue weighted by Crippen LogP contribution is 2.34. The molecule has 3 nitrogen and oxygen atoms in total. The number of aromatic nitrogens is 1. The van der Waals surface area contributed by atoms with Gasteiger partial charge in [0.2, 0.25) is 0 Å². The average molecular weight is 245 g/mol. The van der Waals surface area contributed by atoms with E-state index >= 15 is 0 Å². The van der Waals surface area contributed by atoms with Crippen LogP contribution in [0.15, 0.2) is 0 Å². The van der Waals surface area contributed by atoms with Gasteiger partial charge < -0.3 is 4.90 Å². The number of halogens is 1. The Hall–Kier alpha value is -0.610. The van der Waals surface area contributed by atoms with Crippen LogP contribution in [0.1, 0.15) is 29.9 Å². The third kappa shape index (κ3) is 2.01. The Labute approximate surface area is 98.1 Å². The smallest absolute Gasteiger partial charge is 0.187 e. The Morgan fingerprint density at radius 1 is 1.60 bits per heavy atom. The quantitative estimate of drug-likeness (QED) is 0.750. The number of rotatable bonds is 2. The second kappa shape index (κ2) is 4.10. The molecule has 2 heterocycles. The molecular weight excluding hydrogens is 232 g/mol. The summed E-state index contributed by atoms with van der Waals surface area (Å²) in [6.07, 6.45) is 1.95. The van der Waals surface area contributed by atoms with Crippen molar-refractivity contribution in [3.8, 4) is 0 Å². The van der Waals surface area contributed by atoms with Crippen LogP contribution in [0.5, 0.6) is 0 Å². The molecule has 5 heteroatoms. The number of carbonyl (C=O) groups excluding carboxylic acids is 1. The maximum Gasteiger partial charge on any atom is 0.187 e. The summed E-state index contributed by atoms with van der Waals surface area (Å²) in [6, 6.07) is 0.488. The van der Waals surface area contributed by atoms with E-state index in [4.69, 9.17) is 11.6 Å². The Morgan fingerprint density at radius 3 is 2.80 bits per heavy atom. The first-order chi connectivity index (χ1) is 7.11. The van der Waals surface area contributed by atoms with Crippen molar-refractivity contribution in [3.05, 3.63) is 10.0 Å². The molecule has 2 atom stereocenters. The maximum absolute atomic E-state index is 10.7. The Balaban J connectivity index is 2.26. The fourth-order valence-corrected chi connectivity index (χ4v) is 3.24. The van der Waals surface area contributed by atoms with Crippen LogP contribution in [-0.4, -0.2) is 23.9 Å². The van der Waals surface area contributed by atoms with Crippen LogP contribution in [-0.2, 0) is 0 Å². The molecule has 1 aliphatic heterocycles. The predicted octanol–water partition coefficient (Wildman–Crippen LogP) is 2.84. The summed E-state index contributed by atoms with van der Waals surface area (Å²) in [5.74, 6) is 0.683. The summed E-state index contributed by atoms with van der Waals surface area (Å²) in [5.41, 5.74) is 0. The first kappa shape index (κ1) is 10.9. The van der Waals surface area contributed by atoms with Crippen LogP contribution in [0.4, 0.5) is 5.13 Å². The molecule has 1 aromatic rings. The summed E-state index contributed by atoms with van der Waals surface area (Å²) < 4.78 is 0. The molecule has 1 aromatic heterocycles. The van der Waals surface area contributed by atoms with E-state index in [1.54, 1.807) is 0 Å². The van der Waals surface area contributed by atoms with Gasteiger partial charge in [-0.25, -0.2) is 4.98 Å². The van der Waals surface area contributed by atoms with Gasteiger partial charge in [0.1, 0.15) is 4.88 Å². The summed E-state index contributed by atoms with van der Waals surface area (Å²) in [7, 11) is 0. The van der Waals surface area contributed by atoms with Gasteiger partial charge in [-0.05, 0) is 19.3 Å². The van der Waals surface area contributed by atoms with E-state index < -0.39 is 0 Å². The molecule has 2 rings (SSSR count). The van der Waals surface area contributed by atoms with Gasteiger partial charge in [-0.2, -0.15) is 0 Å². The summed E-state index contributed by atoms with van der Waals surface area (Å²) in [6.45, 7) is 5.41. The van der Waals surface area contributed by atoms with Gasteiger partial charge in [-0.15, -0.1) is 0 Å². The van der Waals surface area contributed by atoms with E-state index in [1.165, 1.54) is 17.8 Å². The lowest BCUT2D eigenvalue weighted by Gasteiger charge is -2.19. The van der Waals surface area contributed by atoms with Crippen LogP contribution in [0.3, 0.4) is 0 Å². The SMILES string of the molecule is CC1CC(C)N(c2nc(Cl)c(C=O)s2)C1. The number of anilines is 1. The fraction of sp³-hybridized carbons (Fsp3) is 0.600. The standard InChI is InChI=1S/C10H13ClN2OS/c1-6-3-7(2)13(4-6)10-12-9(11)8(5-14)15-10/h5-7H,3-4H2,1-2H3. The van der Waals surface area contributed by atoms with E-state index in [-0.39, 0.29) is 0 Å². The zero-order chi connectivity index (χ0) is 11.0. The zero-order valence-electron chi connectivity index (χ0n) is 8.74. The summed E-state index contributed by atoms with van der Waals surface area (Å²) in [4.78, 5) is 17.7. The molecule has 0 spiro atoms. The number of carbonyl (C=O) groups is 1. The highest BCUT2D eigenvalue weighted by molar-refractivity contribution is 7.17. The molecular formula is C10H13ClN2OS. The van der Waals surface area contributed by atoms with Crippen molar-refractivity contribution in [2.24, 2.45) is 5.92 Å². The molecule has 82 valence electrons. The normalized spacial score (nSPS) is 25.9. The van der Waals surface area contributed by atoms with Crippen molar-refractivity contribution >= 4 is 34.4 Å². The topological polar surface area (TPSA) is 33.2 Å². The number of aldehydes is 1. The van der Waals surface area contributed by atoms with Crippen LogP contribution in [0.25, 0.3) is 0 Å². The molecule has 15 heavy (non-hydrogen) atoms. The Kier molecular flexibility index (Phi) is 2.98. The molecule has 0 saturated carbocycles. The molecule has 0 aromatic carbocycles. The Bertz CT molecular complexity index is 379. The molecule has 0 aliphatic carbocycles. The second-order valence-electron chi connectivity index (χ2n) is 4.11. The molecule has 0 radical (unpaired) electrons. The molecule has 2 unspecified atom stereocenters. The number of thiazole rings is 1. The minimum Gasteiger partial charge on any atom is -0.345 e. The first-order valence-electron chi connectivity index (χ1n) is 5.00. The molecule has 0 bridgehead atoms. The van der Waals surface area contributed by atoms with Gasteiger partial charge in [0.15, 0.2) is 16.6 Å². The lowest BCUT2D eigenvalue weighted by atomic mass is 10.1. The number of hydrogen-bond donors (Lipinski definition) is 0. The monoisotopic (exact) mass is 244 g/mol. The van der Waals surface area contributed by atoms with Crippen molar-refractivity contribution in [1.29, 1.82) is 0 Å². The van der Waals surface area contributed by atoms with E-state index in [1.807, 2.05) is 0 Å². The zero-order valence-corrected chi connectivity index (χ0v) is 10.3. The highest BCUT2D eigenvalue weighted by atomic mass is 35.5. The summed E-state index contributed by atoms with van der Waals surface area (Å²) >= 11 is 7.23. The molecule has 1 fully saturated rings. The van der Waals surface area contributed by atoms with Crippen LogP contribution in [0.2, 0.25) is 5.15 Å². The van der Waals surface area contributed by atoms with Gasteiger partial charge in [-0.1, -0.05) is 29.9 Å². The van der Waals surface area contributed by atoms with E-state index in [0.29, 0.717) is 22.0 Å². The lowest BCUT2D eigenvalue weighted by Crippen LogP contribution is -2.26. The van der Waals surface area contributed by atoms with E-state index in [0.717, 1.165) is 18.0 Å². The molecule has 1 aliphatic rings. The van der Waals surface area contributed by atoms with Crippen LogP contribution in [0, 0.1) is 5.92 Å². The maximum atomic E-state index is 10.7. The van der Waals surface area contributed by atoms with Gasteiger partial charge in [0.05, 0.1) is 0 Å². The third-order valence-corrected chi connectivity index (χ3v) is 4.15. The molecule has 1 saturated heterocycles. The van der Waals surface area contributed by atoms with Crippen molar-refractivity contribution in [2.75, 3.05) is 11.4 Å². The van der Waals surface area contributed by atoms with E-state index in [9.17, 15) is 4.79 Å². The van der Waals surface area contributed by atoms with Crippen molar-refractivity contribution in [1.82, 2.24) is 4.98 Å². The van der Waals surface area contributed by atoms with Crippen LogP contribution >= 0.6 is 22.9 Å². The lowest BCUT2D eigenvalue weighted by molar-refractivity contribution is 0.112. The molecule has 0 N–H and O–H groups in total. The average Bonchev–Trinajstić information content (AvgIpc) is 2.69. The molecule has 0 amide bonds. The van der Waals surface area contributed by atoms with Gasteiger partial charge in [-0.3, -0.25) is 4.79 Å². The van der Waals surface area contributed by atoms with Crippen molar-refractivity contribution in [2.45, 2.75) is 26.3 Å². The fourth-order valence-electron chi connectivity index (χ4n) is 2.06. The minimum atomic E-state index is 0.330. The van der Waals surface area contributed by atoms with Crippen molar-refractivity contribution < 1.29 is 4.79 Å². The van der Waals surface area contributed by atoms with Gasteiger partial charge in [0.25, 0.3) is 0 Å². The van der Waals surface area contributed by atoms with E-state index in [2.05, 4.69) is 23.7 Å². The number of hydrogen-bond acceptors (Lipinski definition) is 4. The largest absolute Gasteiger partial charge is 0.345 e. The van der Waals surface area contributed by atoms with Crippen LogP contribution < -0.4 is 4.90 Å². The van der Waals surface area contributed by atoms with Gasteiger partial charge >= 0.3 is 0 Å². The summed E-state index contributed by atoms with van der Waals surface area (Å²) in [5, 5.41) is 1.20. The van der Waals surface area contributed by atoms with Gasteiger partial charge in [0, 0.05) is 12.6 Å². The number of nitrogens with zero attached hydrogens (tertiary/aromatic N) is 2. The predicted molar refractivity (Wildman–Crippen MR) is 63.1 cm³/mol. The Morgan fingerprint density at radius 2 is 2.33 bits per heavy atom. The third-order valence-electron chi connectivity index (χ3n) is 2.74. The first-order valence-corrected chi connectivity index (χ1v) is 6.19. The van der Waals surface area contributed by atoms with Crippen molar-refractivity contribution in [3.63, 3.8) is 0 Å². The second-order valence-corrected chi connectivity index (χ2v) is 5.48.